The lowest BCUT2D eigenvalue weighted by Gasteiger charge is -2.15. The molecule has 1 N–H and O–H groups in total. The first-order chi connectivity index (χ1) is 12.4. The van der Waals surface area contributed by atoms with Gasteiger partial charge in [0.05, 0.1) is 0 Å². The van der Waals surface area contributed by atoms with Crippen LogP contribution in [0.15, 0.2) is 48.5 Å². The molecule has 0 bridgehead atoms. The highest BCUT2D eigenvalue weighted by Gasteiger charge is 2.13. The Morgan fingerprint density at radius 1 is 0.960 bits per heavy atom. The summed E-state index contributed by atoms with van der Waals surface area (Å²) in [6.45, 7) is 1.80. The maximum Gasteiger partial charge on any atom is 0.161 e. The van der Waals surface area contributed by atoms with E-state index in [9.17, 15) is 4.79 Å². The van der Waals surface area contributed by atoms with Gasteiger partial charge in [-0.3, -0.25) is 4.79 Å². The Hall–Kier alpha value is -2.33. The lowest BCUT2D eigenvalue weighted by Crippen LogP contribution is -2.30. The minimum absolute atomic E-state index is 0.343. The second-order valence-electron chi connectivity index (χ2n) is 6.34. The fraction of sp³-hybridized carbons (Fsp3) is 0.381. The van der Waals surface area contributed by atoms with Crippen molar-refractivity contribution in [3.8, 4) is 11.5 Å². The Labute approximate surface area is 149 Å². The molecule has 1 aliphatic carbocycles. The summed E-state index contributed by atoms with van der Waals surface area (Å²) >= 11 is 0. The summed E-state index contributed by atoms with van der Waals surface area (Å²) in [4.78, 5) is 11.1. The van der Waals surface area contributed by atoms with Gasteiger partial charge in [0.2, 0.25) is 0 Å². The second kappa shape index (κ2) is 9.23. The van der Waals surface area contributed by atoms with E-state index in [0.29, 0.717) is 30.6 Å². The summed E-state index contributed by atoms with van der Waals surface area (Å²) < 4.78 is 11.8. The van der Waals surface area contributed by atoms with Gasteiger partial charge in [0.15, 0.2) is 11.5 Å². The molecule has 3 rings (SSSR count). The zero-order valence-electron chi connectivity index (χ0n) is 14.4. The van der Waals surface area contributed by atoms with Crippen LogP contribution in [0.25, 0.3) is 0 Å². The number of ether oxygens (including phenoxy) is 2. The van der Waals surface area contributed by atoms with Gasteiger partial charge in [0, 0.05) is 18.2 Å². The standard InChI is InChI=1S/C21H25NO3/c23-15-17-7-1-2-8-18(17)16-25-21-12-6-5-11-20(21)24-14-13-22-19-9-3-4-10-19/h1-2,5-8,11-12,15,19,22H,3-4,9-10,13-14,16H2. The molecule has 0 aromatic heterocycles. The zero-order chi connectivity index (χ0) is 17.3. The van der Waals surface area contributed by atoms with Gasteiger partial charge in [-0.1, -0.05) is 49.2 Å². The topological polar surface area (TPSA) is 47.6 Å². The Bertz CT molecular complexity index is 680. The molecule has 1 aliphatic rings. The van der Waals surface area contributed by atoms with E-state index < -0.39 is 0 Å². The van der Waals surface area contributed by atoms with E-state index in [0.717, 1.165) is 24.1 Å². The van der Waals surface area contributed by atoms with E-state index in [1.165, 1.54) is 25.7 Å². The Morgan fingerprint density at radius 3 is 2.40 bits per heavy atom. The number of rotatable bonds is 9. The maximum atomic E-state index is 11.1. The van der Waals surface area contributed by atoms with Gasteiger partial charge in [-0.2, -0.15) is 0 Å². The lowest BCUT2D eigenvalue weighted by atomic mass is 10.1. The summed E-state index contributed by atoms with van der Waals surface area (Å²) in [5.41, 5.74) is 1.52. The van der Waals surface area contributed by atoms with Crippen LogP contribution in [-0.2, 0) is 6.61 Å². The van der Waals surface area contributed by atoms with Crippen molar-refractivity contribution in [2.75, 3.05) is 13.2 Å². The molecule has 25 heavy (non-hydrogen) atoms. The maximum absolute atomic E-state index is 11.1. The van der Waals surface area contributed by atoms with Crippen LogP contribution in [-0.4, -0.2) is 25.5 Å². The van der Waals surface area contributed by atoms with Crippen molar-refractivity contribution in [2.45, 2.75) is 38.3 Å². The van der Waals surface area contributed by atoms with Crippen molar-refractivity contribution < 1.29 is 14.3 Å². The van der Waals surface area contributed by atoms with Crippen molar-refractivity contribution >= 4 is 6.29 Å². The first-order valence-electron chi connectivity index (χ1n) is 8.98. The number of hydrogen-bond acceptors (Lipinski definition) is 4. The van der Waals surface area contributed by atoms with Crippen LogP contribution >= 0.6 is 0 Å². The van der Waals surface area contributed by atoms with Crippen molar-refractivity contribution in [1.82, 2.24) is 5.32 Å². The van der Waals surface area contributed by atoms with Crippen molar-refractivity contribution in [3.63, 3.8) is 0 Å². The lowest BCUT2D eigenvalue weighted by molar-refractivity contribution is 0.112. The summed E-state index contributed by atoms with van der Waals surface area (Å²) in [6.07, 6.45) is 6.07. The average Bonchev–Trinajstić information content (AvgIpc) is 3.18. The zero-order valence-corrected chi connectivity index (χ0v) is 14.4. The van der Waals surface area contributed by atoms with E-state index in [1.54, 1.807) is 6.07 Å². The minimum Gasteiger partial charge on any atom is -0.488 e. The van der Waals surface area contributed by atoms with Gasteiger partial charge in [-0.05, 0) is 30.5 Å². The van der Waals surface area contributed by atoms with E-state index in [1.807, 2.05) is 42.5 Å². The molecule has 2 aromatic carbocycles. The highest BCUT2D eigenvalue weighted by Crippen LogP contribution is 2.27. The number of benzene rings is 2. The number of carbonyl (C=O) groups is 1. The number of hydrogen-bond donors (Lipinski definition) is 1. The van der Waals surface area contributed by atoms with Gasteiger partial charge in [-0.15, -0.1) is 0 Å². The summed E-state index contributed by atoms with van der Waals surface area (Å²) in [6, 6.07) is 15.8. The van der Waals surface area contributed by atoms with Crippen LogP contribution in [0.4, 0.5) is 0 Å². The van der Waals surface area contributed by atoms with Crippen LogP contribution in [0.2, 0.25) is 0 Å². The molecule has 0 aliphatic heterocycles. The molecule has 0 saturated heterocycles. The molecule has 2 aromatic rings. The normalized spacial score (nSPS) is 14.4. The van der Waals surface area contributed by atoms with Crippen LogP contribution in [0.5, 0.6) is 11.5 Å². The van der Waals surface area contributed by atoms with Crippen LogP contribution in [0, 0.1) is 0 Å². The smallest absolute Gasteiger partial charge is 0.161 e. The fourth-order valence-electron chi connectivity index (χ4n) is 3.18. The number of aldehydes is 1. The Morgan fingerprint density at radius 2 is 1.64 bits per heavy atom. The summed E-state index contributed by atoms with van der Waals surface area (Å²) in [5.74, 6) is 1.43. The minimum atomic E-state index is 0.343. The molecule has 4 heteroatoms. The van der Waals surface area contributed by atoms with Crippen molar-refractivity contribution in [3.05, 3.63) is 59.7 Å². The van der Waals surface area contributed by atoms with Gasteiger partial charge in [0.1, 0.15) is 19.5 Å². The molecular weight excluding hydrogens is 314 g/mol. The van der Waals surface area contributed by atoms with E-state index in [-0.39, 0.29) is 0 Å². The highest BCUT2D eigenvalue weighted by molar-refractivity contribution is 5.77. The number of nitrogens with one attached hydrogen (secondary N) is 1. The summed E-state index contributed by atoms with van der Waals surface area (Å²) in [5, 5.41) is 3.54. The molecule has 132 valence electrons. The SMILES string of the molecule is O=Cc1ccccc1COc1ccccc1OCCNC1CCCC1. The first kappa shape index (κ1) is 17.5. The van der Waals surface area contributed by atoms with E-state index >= 15 is 0 Å². The van der Waals surface area contributed by atoms with E-state index in [4.69, 9.17) is 9.47 Å². The molecule has 0 amide bonds. The second-order valence-corrected chi connectivity index (χ2v) is 6.34. The van der Waals surface area contributed by atoms with Gasteiger partial charge < -0.3 is 14.8 Å². The van der Waals surface area contributed by atoms with Gasteiger partial charge in [0.25, 0.3) is 0 Å². The average molecular weight is 339 g/mol. The van der Waals surface area contributed by atoms with Crippen LogP contribution in [0.3, 0.4) is 0 Å². The molecule has 1 saturated carbocycles. The Balaban J connectivity index is 1.52. The van der Waals surface area contributed by atoms with Gasteiger partial charge in [-0.25, -0.2) is 0 Å². The number of para-hydroxylation sites is 2. The predicted molar refractivity (Wildman–Crippen MR) is 98.4 cm³/mol. The molecule has 0 spiro atoms. The van der Waals surface area contributed by atoms with Crippen molar-refractivity contribution in [1.29, 1.82) is 0 Å². The monoisotopic (exact) mass is 339 g/mol. The molecular formula is C21H25NO3. The largest absolute Gasteiger partial charge is 0.488 e. The molecule has 0 heterocycles. The third kappa shape index (κ3) is 5.07. The molecule has 0 unspecified atom stereocenters. The third-order valence-electron chi connectivity index (χ3n) is 4.56. The summed E-state index contributed by atoms with van der Waals surface area (Å²) in [7, 11) is 0. The molecule has 1 fully saturated rings. The van der Waals surface area contributed by atoms with Crippen LogP contribution < -0.4 is 14.8 Å². The van der Waals surface area contributed by atoms with Crippen LogP contribution in [0.1, 0.15) is 41.6 Å². The first-order valence-corrected chi connectivity index (χ1v) is 8.98. The third-order valence-corrected chi connectivity index (χ3v) is 4.56. The van der Waals surface area contributed by atoms with E-state index in [2.05, 4.69) is 5.32 Å². The quantitative estimate of drug-likeness (QED) is 0.554. The predicted octanol–water partition coefficient (Wildman–Crippen LogP) is 3.99. The fourth-order valence-corrected chi connectivity index (χ4v) is 3.18. The molecule has 0 radical (unpaired) electrons. The molecule has 4 nitrogen and oxygen atoms in total. The number of carbonyl (C=O) groups excluding carboxylic acids is 1. The Kier molecular flexibility index (Phi) is 6.46. The molecule has 0 atom stereocenters. The highest BCUT2D eigenvalue weighted by atomic mass is 16.5. The van der Waals surface area contributed by atoms with Crippen molar-refractivity contribution in [2.24, 2.45) is 0 Å². The van der Waals surface area contributed by atoms with Gasteiger partial charge >= 0.3 is 0 Å².